The summed E-state index contributed by atoms with van der Waals surface area (Å²) in [5.74, 6) is 0. The van der Waals surface area contributed by atoms with Crippen molar-refractivity contribution in [2.24, 2.45) is 5.73 Å². The first-order chi connectivity index (χ1) is 10.3. The van der Waals surface area contributed by atoms with Gasteiger partial charge in [-0.25, -0.2) is 4.98 Å². The summed E-state index contributed by atoms with van der Waals surface area (Å²) in [4.78, 5) is 4.50. The third-order valence-corrected chi connectivity index (χ3v) is 6.07. The van der Waals surface area contributed by atoms with Gasteiger partial charge in [0, 0.05) is 22.0 Å². The molecule has 0 radical (unpaired) electrons. The zero-order valence-corrected chi connectivity index (χ0v) is 15.2. The second kappa shape index (κ2) is 9.86. The van der Waals surface area contributed by atoms with Crippen molar-refractivity contribution in [2.45, 2.75) is 80.5 Å². The molecule has 0 aromatic carbocycles. The predicted octanol–water partition coefficient (Wildman–Crippen LogP) is 5.55. The number of pyridine rings is 1. The first kappa shape index (κ1) is 17.3. The molecule has 2 unspecified atom stereocenters. The Labute approximate surface area is 141 Å². The monoisotopic (exact) mass is 370 g/mol. The van der Waals surface area contributed by atoms with Crippen molar-refractivity contribution < 1.29 is 0 Å². The summed E-state index contributed by atoms with van der Waals surface area (Å²) in [6, 6.07) is 4.47. The zero-order valence-electron chi connectivity index (χ0n) is 12.8. The van der Waals surface area contributed by atoms with Crippen LogP contribution >= 0.6 is 27.7 Å². The Morgan fingerprint density at radius 1 is 0.952 bits per heavy atom. The van der Waals surface area contributed by atoms with Crippen molar-refractivity contribution in [2.75, 3.05) is 0 Å². The van der Waals surface area contributed by atoms with Crippen LogP contribution in [0.3, 0.4) is 0 Å². The minimum Gasteiger partial charge on any atom is -0.327 e. The number of hydrogen-bond donors (Lipinski definition) is 1. The molecule has 2 rings (SSSR count). The van der Waals surface area contributed by atoms with Crippen molar-refractivity contribution >= 4 is 27.7 Å². The number of rotatable bonds is 2. The first-order valence-electron chi connectivity index (χ1n) is 8.29. The fourth-order valence-electron chi connectivity index (χ4n) is 2.92. The van der Waals surface area contributed by atoms with Crippen molar-refractivity contribution in [3.63, 3.8) is 0 Å². The second-order valence-electron chi connectivity index (χ2n) is 6.04. The van der Waals surface area contributed by atoms with Crippen LogP contribution < -0.4 is 5.73 Å². The molecule has 2 nitrogen and oxygen atoms in total. The lowest BCUT2D eigenvalue weighted by Crippen LogP contribution is -2.32. The van der Waals surface area contributed by atoms with Gasteiger partial charge in [0.05, 0.1) is 5.03 Å². The van der Waals surface area contributed by atoms with E-state index >= 15 is 0 Å². The van der Waals surface area contributed by atoms with Gasteiger partial charge in [-0.1, -0.05) is 51.4 Å². The van der Waals surface area contributed by atoms with E-state index in [4.69, 9.17) is 5.73 Å². The fourth-order valence-corrected chi connectivity index (χ4v) is 4.32. The molecule has 0 saturated heterocycles. The molecule has 2 atom stereocenters. The highest BCUT2D eigenvalue weighted by atomic mass is 79.9. The van der Waals surface area contributed by atoms with Gasteiger partial charge in [-0.2, -0.15) is 0 Å². The van der Waals surface area contributed by atoms with Crippen molar-refractivity contribution in [1.29, 1.82) is 0 Å². The SMILES string of the molecule is NC1CCCCCCCCCCC1Sc1ccc(Br)cn1. The number of aromatic nitrogens is 1. The van der Waals surface area contributed by atoms with E-state index in [1.165, 1.54) is 57.8 Å². The van der Waals surface area contributed by atoms with Gasteiger partial charge in [-0.05, 0) is 40.9 Å². The average molecular weight is 371 g/mol. The van der Waals surface area contributed by atoms with E-state index in [9.17, 15) is 0 Å². The topological polar surface area (TPSA) is 38.9 Å². The third kappa shape index (κ3) is 6.70. The molecule has 1 aliphatic carbocycles. The second-order valence-corrected chi connectivity index (χ2v) is 8.22. The predicted molar refractivity (Wildman–Crippen MR) is 95.7 cm³/mol. The van der Waals surface area contributed by atoms with E-state index in [0.717, 1.165) is 15.9 Å². The standard InChI is InChI=1S/C17H27BrN2S/c18-14-11-12-17(20-13-14)21-16-10-8-6-4-2-1-3-5-7-9-15(16)19/h11-13,15-16H,1-10,19H2. The van der Waals surface area contributed by atoms with Gasteiger partial charge >= 0.3 is 0 Å². The van der Waals surface area contributed by atoms with E-state index in [2.05, 4.69) is 33.0 Å². The maximum atomic E-state index is 6.48. The van der Waals surface area contributed by atoms with E-state index in [1.54, 1.807) is 0 Å². The lowest BCUT2D eigenvalue weighted by Gasteiger charge is -2.24. The Hall–Kier alpha value is -0.0600. The molecular weight excluding hydrogens is 344 g/mol. The molecule has 1 fully saturated rings. The summed E-state index contributed by atoms with van der Waals surface area (Å²) >= 11 is 5.32. The van der Waals surface area contributed by atoms with Crippen LogP contribution in [0.15, 0.2) is 27.8 Å². The van der Waals surface area contributed by atoms with Crippen LogP contribution in [-0.4, -0.2) is 16.3 Å². The van der Waals surface area contributed by atoms with Crippen LogP contribution in [0.5, 0.6) is 0 Å². The minimum atomic E-state index is 0.305. The summed E-state index contributed by atoms with van der Waals surface area (Å²) in [5, 5.41) is 1.61. The van der Waals surface area contributed by atoms with E-state index < -0.39 is 0 Å². The Balaban J connectivity index is 1.92. The Kier molecular flexibility index (Phi) is 8.12. The Morgan fingerprint density at radius 2 is 1.57 bits per heavy atom. The molecular formula is C17H27BrN2S. The lowest BCUT2D eigenvalue weighted by atomic mass is 9.98. The van der Waals surface area contributed by atoms with E-state index in [0.29, 0.717) is 11.3 Å². The van der Waals surface area contributed by atoms with Crippen LogP contribution in [0.1, 0.15) is 64.2 Å². The quantitative estimate of drug-likeness (QED) is 0.741. The Bertz CT molecular complexity index is 396. The largest absolute Gasteiger partial charge is 0.327 e. The number of nitrogens with zero attached hydrogens (tertiary/aromatic N) is 1. The highest BCUT2D eigenvalue weighted by Gasteiger charge is 2.19. The minimum absolute atomic E-state index is 0.305. The van der Waals surface area contributed by atoms with E-state index in [-0.39, 0.29) is 0 Å². The van der Waals surface area contributed by atoms with E-state index in [1.807, 2.05) is 18.0 Å². The highest BCUT2D eigenvalue weighted by Crippen LogP contribution is 2.30. The molecule has 21 heavy (non-hydrogen) atoms. The lowest BCUT2D eigenvalue weighted by molar-refractivity contribution is 0.473. The third-order valence-electron chi connectivity index (χ3n) is 4.23. The molecule has 0 aliphatic heterocycles. The molecule has 0 spiro atoms. The molecule has 1 aliphatic rings. The zero-order chi connectivity index (χ0) is 14.9. The van der Waals surface area contributed by atoms with Crippen LogP contribution in [0, 0.1) is 0 Å². The number of nitrogens with two attached hydrogens (primary N) is 1. The molecule has 1 aromatic heterocycles. The van der Waals surface area contributed by atoms with Gasteiger partial charge in [0.25, 0.3) is 0 Å². The molecule has 4 heteroatoms. The molecule has 118 valence electrons. The molecule has 1 saturated carbocycles. The molecule has 2 N–H and O–H groups in total. The smallest absolute Gasteiger partial charge is 0.0963 e. The number of halogens is 1. The normalized spacial score (nSPS) is 25.8. The van der Waals surface area contributed by atoms with Crippen molar-refractivity contribution in [3.05, 3.63) is 22.8 Å². The van der Waals surface area contributed by atoms with Gasteiger partial charge in [-0.3, -0.25) is 0 Å². The van der Waals surface area contributed by atoms with Crippen LogP contribution in [0.2, 0.25) is 0 Å². The van der Waals surface area contributed by atoms with Crippen LogP contribution in [-0.2, 0) is 0 Å². The van der Waals surface area contributed by atoms with Gasteiger partial charge in [0.2, 0.25) is 0 Å². The van der Waals surface area contributed by atoms with Gasteiger partial charge in [0.15, 0.2) is 0 Å². The van der Waals surface area contributed by atoms with Gasteiger partial charge in [0.1, 0.15) is 0 Å². The summed E-state index contributed by atoms with van der Waals surface area (Å²) < 4.78 is 1.04. The Morgan fingerprint density at radius 3 is 2.19 bits per heavy atom. The van der Waals surface area contributed by atoms with Crippen LogP contribution in [0.25, 0.3) is 0 Å². The van der Waals surface area contributed by atoms with Gasteiger partial charge in [-0.15, -0.1) is 11.8 Å². The maximum absolute atomic E-state index is 6.48. The fraction of sp³-hybridized carbons (Fsp3) is 0.706. The maximum Gasteiger partial charge on any atom is 0.0963 e. The summed E-state index contributed by atoms with van der Waals surface area (Å²) in [7, 11) is 0. The number of hydrogen-bond acceptors (Lipinski definition) is 3. The van der Waals surface area contributed by atoms with Gasteiger partial charge < -0.3 is 5.73 Å². The first-order valence-corrected chi connectivity index (χ1v) is 9.97. The molecule has 1 aromatic rings. The average Bonchev–Trinajstić information content (AvgIpc) is 2.48. The number of thioether (sulfide) groups is 1. The summed E-state index contributed by atoms with van der Waals surface area (Å²) in [6.07, 6.45) is 15.2. The highest BCUT2D eigenvalue weighted by molar-refractivity contribution is 9.10. The molecule has 1 heterocycles. The summed E-state index contributed by atoms with van der Waals surface area (Å²) in [5.41, 5.74) is 6.48. The van der Waals surface area contributed by atoms with Crippen molar-refractivity contribution in [1.82, 2.24) is 4.98 Å². The summed E-state index contributed by atoms with van der Waals surface area (Å²) in [6.45, 7) is 0. The molecule has 0 amide bonds. The van der Waals surface area contributed by atoms with Crippen molar-refractivity contribution in [3.8, 4) is 0 Å². The molecule has 0 bridgehead atoms. The van der Waals surface area contributed by atoms with Crippen LogP contribution in [0.4, 0.5) is 0 Å².